The van der Waals surface area contributed by atoms with Crippen molar-refractivity contribution in [1.29, 1.82) is 0 Å². The van der Waals surface area contributed by atoms with Gasteiger partial charge in [0.25, 0.3) is 0 Å². The van der Waals surface area contributed by atoms with Crippen LogP contribution in [0.3, 0.4) is 0 Å². The molecule has 2 N–H and O–H groups in total. The lowest BCUT2D eigenvalue weighted by atomic mass is 9.93. The molecule has 5 nitrogen and oxygen atoms in total. The molecule has 0 aromatic carbocycles. The molecule has 1 rings (SSSR count). The highest BCUT2D eigenvalue weighted by Crippen LogP contribution is 2.21. The molecule has 0 radical (unpaired) electrons. The molecule has 1 aliphatic rings. The van der Waals surface area contributed by atoms with Gasteiger partial charge in [-0.15, -0.1) is 0 Å². The molecule has 1 aliphatic heterocycles. The first-order valence-corrected chi connectivity index (χ1v) is 6.97. The third-order valence-electron chi connectivity index (χ3n) is 3.44. The van der Waals surface area contributed by atoms with E-state index in [9.17, 15) is 9.59 Å². The van der Waals surface area contributed by atoms with Crippen LogP contribution in [0.2, 0.25) is 0 Å². The van der Waals surface area contributed by atoms with Crippen LogP contribution in [0.1, 0.15) is 47.0 Å². The Hall–Kier alpha value is -1.10. The molecule has 0 aromatic rings. The second-order valence-electron chi connectivity index (χ2n) is 6.52. The predicted molar refractivity (Wildman–Crippen MR) is 73.9 cm³/mol. The van der Waals surface area contributed by atoms with Crippen molar-refractivity contribution in [3.05, 3.63) is 0 Å². The van der Waals surface area contributed by atoms with Gasteiger partial charge in [-0.05, 0) is 53.0 Å². The molecule has 0 bridgehead atoms. The maximum Gasteiger partial charge on any atom is 0.303 e. The van der Waals surface area contributed by atoms with Crippen molar-refractivity contribution in [1.82, 2.24) is 10.2 Å². The molecule has 1 saturated heterocycles. The van der Waals surface area contributed by atoms with Crippen molar-refractivity contribution in [3.8, 4) is 0 Å². The van der Waals surface area contributed by atoms with E-state index in [1.54, 1.807) is 0 Å². The van der Waals surface area contributed by atoms with Crippen molar-refractivity contribution in [2.75, 3.05) is 13.1 Å². The van der Waals surface area contributed by atoms with E-state index in [4.69, 9.17) is 5.11 Å². The van der Waals surface area contributed by atoms with E-state index in [-0.39, 0.29) is 29.8 Å². The highest BCUT2D eigenvalue weighted by Gasteiger charge is 2.29. The first-order valence-electron chi connectivity index (χ1n) is 6.97. The van der Waals surface area contributed by atoms with Gasteiger partial charge < -0.3 is 10.4 Å². The Kier molecular flexibility index (Phi) is 5.35. The van der Waals surface area contributed by atoms with Gasteiger partial charge in [0.2, 0.25) is 5.91 Å². The fourth-order valence-electron chi connectivity index (χ4n) is 2.50. The van der Waals surface area contributed by atoms with E-state index in [1.165, 1.54) is 0 Å². The number of likely N-dealkylation sites (tertiary alicyclic amines) is 1. The molecule has 0 saturated carbocycles. The molecule has 1 fully saturated rings. The van der Waals surface area contributed by atoms with Crippen LogP contribution in [0.15, 0.2) is 0 Å². The predicted octanol–water partition coefficient (Wildman–Crippen LogP) is 1.48. The van der Waals surface area contributed by atoms with Crippen LogP contribution < -0.4 is 5.32 Å². The smallest absolute Gasteiger partial charge is 0.303 e. The van der Waals surface area contributed by atoms with Gasteiger partial charge in [-0.1, -0.05) is 0 Å². The second-order valence-corrected chi connectivity index (χ2v) is 6.52. The zero-order chi connectivity index (χ0) is 14.6. The Labute approximate surface area is 115 Å². The highest BCUT2D eigenvalue weighted by atomic mass is 16.4. The Morgan fingerprint density at radius 1 is 1.42 bits per heavy atom. The summed E-state index contributed by atoms with van der Waals surface area (Å²) in [6.07, 6.45) is 2.10. The summed E-state index contributed by atoms with van der Waals surface area (Å²) in [5, 5.41) is 11.8. The summed E-state index contributed by atoms with van der Waals surface area (Å²) >= 11 is 0. The number of nitrogens with one attached hydrogen (secondary N) is 1. The van der Waals surface area contributed by atoms with Crippen LogP contribution in [0.4, 0.5) is 0 Å². The van der Waals surface area contributed by atoms with Crippen LogP contribution >= 0.6 is 0 Å². The number of carbonyl (C=O) groups excluding carboxylic acids is 1. The number of amides is 1. The van der Waals surface area contributed by atoms with Crippen LogP contribution in [-0.2, 0) is 9.59 Å². The highest BCUT2D eigenvalue weighted by molar-refractivity contribution is 5.82. The summed E-state index contributed by atoms with van der Waals surface area (Å²) in [4.78, 5) is 25.0. The standard InChI is InChI=1S/C14H26N2O3/c1-10(13(19)15-14(2,3)4)16-7-5-6-11(9-16)8-12(17)18/h10-11H,5-9H2,1-4H3,(H,15,19)(H,17,18). The average Bonchev–Trinajstić information content (AvgIpc) is 2.25. The third-order valence-corrected chi connectivity index (χ3v) is 3.44. The van der Waals surface area contributed by atoms with E-state index in [0.29, 0.717) is 6.54 Å². The fourth-order valence-corrected chi connectivity index (χ4v) is 2.50. The number of hydrogen-bond donors (Lipinski definition) is 2. The van der Waals surface area contributed by atoms with Gasteiger partial charge in [-0.2, -0.15) is 0 Å². The van der Waals surface area contributed by atoms with E-state index >= 15 is 0 Å². The zero-order valence-corrected chi connectivity index (χ0v) is 12.4. The summed E-state index contributed by atoms with van der Waals surface area (Å²) in [5.74, 6) is -0.571. The normalized spacial score (nSPS) is 22.8. The number of carboxylic acids is 1. The minimum absolute atomic E-state index is 0.0171. The molecule has 0 aliphatic carbocycles. The molecule has 5 heteroatoms. The van der Waals surface area contributed by atoms with Crippen LogP contribution in [0.5, 0.6) is 0 Å². The molecular formula is C14H26N2O3. The third kappa shape index (κ3) is 5.59. The number of aliphatic carboxylic acids is 1. The minimum atomic E-state index is -0.751. The quantitative estimate of drug-likeness (QED) is 0.812. The Bertz CT molecular complexity index is 336. The number of nitrogens with zero attached hydrogens (tertiary/aromatic N) is 1. The topological polar surface area (TPSA) is 69.6 Å². The lowest BCUT2D eigenvalue weighted by Crippen LogP contribution is -2.53. The second kappa shape index (κ2) is 6.37. The molecule has 0 aromatic heterocycles. The van der Waals surface area contributed by atoms with Crippen molar-refractivity contribution < 1.29 is 14.7 Å². The number of hydrogen-bond acceptors (Lipinski definition) is 3. The summed E-state index contributed by atoms with van der Waals surface area (Å²) < 4.78 is 0. The Morgan fingerprint density at radius 3 is 2.58 bits per heavy atom. The van der Waals surface area contributed by atoms with E-state index < -0.39 is 5.97 Å². The molecule has 1 amide bonds. The lowest BCUT2D eigenvalue weighted by Gasteiger charge is -2.36. The molecule has 2 atom stereocenters. The average molecular weight is 270 g/mol. The summed E-state index contributed by atoms with van der Waals surface area (Å²) in [5.41, 5.74) is -0.235. The van der Waals surface area contributed by atoms with Crippen LogP contribution in [-0.4, -0.2) is 46.6 Å². The van der Waals surface area contributed by atoms with Crippen molar-refractivity contribution >= 4 is 11.9 Å². The zero-order valence-electron chi connectivity index (χ0n) is 12.4. The van der Waals surface area contributed by atoms with Gasteiger partial charge in [0, 0.05) is 18.5 Å². The molecule has 0 spiro atoms. The number of carbonyl (C=O) groups is 2. The number of piperidine rings is 1. The Morgan fingerprint density at radius 2 is 2.05 bits per heavy atom. The lowest BCUT2D eigenvalue weighted by molar-refractivity contribution is -0.138. The fraction of sp³-hybridized carbons (Fsp3) is 0.857. The first-order chi connectivity index (χ1) is 8.69. The van der Waals surface area contributed by atoms with Crippen molar-refractivity contribution in [3.63, 3.8) is 0 Å². The van der Waals surface area contributed by atoms with Gasteiger partial charge in [-0.3, -0.25) is 14.5 Å². The van der Waals surface area contributed by atoms with Crippen molar-refractivity contribution in [2.45, 2.75) is 58.5 Å². The SMILES string of the molecule is CC(C(=O)NC(C)(C)C)N1CCCC(CC(=O)O)C1. The molecular weight excluding hydrogens is 244 g/mol. The van der Waals surface area contributed by atoms with Gasteiger partial charge in [0.05, 0.1) is 6.04 Å². The maximum absolute atomic E-state index is 12.1. The van der Waals surface area contributed by atoms with Gasteiger partial charge in [0.15, 0.2) is 0 Å². The molecule has 19 heavy (non-hydrogen) atoms. The molecule has 1 heterocycles. The number of carboxylic acid groups (broad SMARTS) is 1. The largest absolute Gasteiger partial charge is 0.481 e. The van der Waals surface area contributed by atoms with Gasteiger partial charge >= 0.3 is 5.97 Å². The maximum atomic E-state index is 12.1. The molecule has 110 valence electrons. The minimum Gasteiger partial charge on any atom is -0.481 e. The van der Waals surface area contributed by atoms with E-state index in [2.05, 4.69) is 10.2 Å². The van der Waals surface area contributed by atoms with Gasteiger partial charge in [-0.25, -0.2) is 0 Å². The van der Waals surface area contributed by atoms with Gasteiger partial charge in [0.1, 0.15) is 0 Å². The summed E-state index contributed by atoms with van der Waals surface area (Å²) in [6.45, 7) is 9.34. The molecule has 2 unspecified atom stereocenters. The van der Waals surface area contributed by atoms with E-state index in [1.807, 2.05) is 27.7 Å². The Balaban J connectivity index is 2.54. The monoisotopic (exact) mass is 270 g/mol. The first kappa shape index (κ1) is 16.0. The number of rotatable bonds is 4. The summed E-state index contributed by atoms with van der Waals surface area (Å²) in [6, 6.07) is -0.198. The van der Waals surface area contributed by atoms with Crippen LogP contribution in [0, 0.1) is 5.92 Å². The van der Waals surface area contributed by atoms with Crippen molar-refractivity contribution in [2.24, 2.45) is 5.92 Å². The van der Waals surface area contributed by atoms with Crippen LogP contribution in [0.25, 0.3) is 0 Å². The summed E-state index contributed by atoms with van der Waals surface area (Å²) in [7, 11) is 0. The van der Waals surface area contributed by atoms with E-state index in [0.717, 1.165) is 19.4 Å².